The third-order valence-corrected chi connectivity index (χ3v) is 6.23. The standard InChI is InChI=1S/C14H20F6N2O2.C9H9N3O/c15-13(16,17)11(14(18,19)20)24-12(23)22-8-6-21(7-9-22)10-4-2-1-3-5-10;1-13-9-4-2-8(3-5-9)12-7-10-6-11-12/h10-11H,1-9H2;2-7H,1H3. The SMILES string of the molecule is COc1ccc(-n2cncn2)cc1.O=C(OC(C(F)(F)F)C(F)(F)F)N1CCN(C2CCCCC2)CC1. The van der Waals surface area contributed by atoms with Gasteiger partial charge in [-0.1, -0.05) is 19.3 Å². The first-order valence-electron chi connectivity index (χ1n) is 11.8. The third kappa shape index (κ3) is 8.23. The molecular weight excluding hydrogens is 508 g/mol. The summed E-state index contributed by atoms with van der Waals surface area (Å²) in [5.74, 6) is 0.837. The van der Waals surface area contributed by atoms with E-state index >= 15 is 0 Å². The molecule has 0 spiro atoms. The fraction of sp³-hybridized carbons (Fsp3) is 0.609. The summed E-state index contributed by atoms with van der Waals surface area (Å²) in [6.45, 7) is 1.00. The molecule has 2 heterocycles. The predicted octanol–water partition coefficient (Wildman–Crippen LogP) is 4.84. The van der Waals surface area contributed by atoms with E-state index in [2.05, 4.69) is 19.7 Å². The van der Waals surface area contributed by atoms with Crippen molar-refractivity contribution in [3.63, 3.8) is 0 Å². The Kier molecular flexibility index (Phi) is 9.62. The number of amides is 1. The quantitative estimate of drug-likeness (QED) is 0.520. The van der Waals surface area contributed by atoms with Crippen LogP contribution in [-0.2, 0) is 4.74 Å². The van der Waals surface area contributed by atoms with Gasteiger partial charge < -0.3 is 14.4 Å². The average molecular weight is 538 g/mol. The molecule has 206 valence electrons. The first-order chi connectivity index (χ1) is 17.5. The second kappa shape index (κ2) is 12.5. The van der Waals surface area contributed by atoms with Crippen molar-refractivity contribution in [1.29, 1.82) is 0 Å². The van der Waals surface area contributed by atoms with E-state index in [1.807, 2.05) is 24.3 Å². The Labute approximate surface area is 210 Å². The highest BCUT2D eigenvalue weighted by Gasteiger charge is 2.60. The molecule has 0 atom stereocenters. The minimum absolute atomic E-state index is 0.0672. The summed E-state index contributed by atoms with van der Waals surface area (Å²) >= 11 is 0. The number of benzene rings is 1. The molecule has 1 aromatic heterocycles. The summed E-state index contributed by atoms with van der Waals surface area (Å²) in [6.07, 6.45) is -8.38. The van der Waals surface area contributed by atoms with E-state index in [1.54, 1.807) is 18.1 Å². The molecule has 0 N–H and O–H groups in total. The molecule has 1 amide bonds. The summed E-state index contributed by atoms with van der Waals surface area (Å²) in [5, 5.41) is 4.01. The van der Waals surface area contributed by atoms with E-state index in [-0.39, 0.29) is 13.1 Å². The van der Waals surface area contributed by atoms with Crippen LogP contribution in [0.3, 0.4) is 0 Å². The van der Waals surface area contributed by atoms with Gasteiger partial charge >= 0.3 is 18.4 Å². The summed E-state index contributed by atoms with van der Waals surface area (Å²) in [6, 6.07) is 8.00. The van der Waals surface area contributed by atoms with Crippen LogP contribution in [-0.4, -0.2) is 88.4 Å². The van der Waals surface area contributed by atoms with E-state index in [1.165, 1.54) is 12.7 Å². The maximum atomic E-state index is 12.4. The number of piperazine rings is 1. The Morgan fingerprint density at radius 2 is 1.54 bits per heavy atom. The average Bonchev–Trinajstić information content (AvgIpc) is 3.42. The van der Waals surface area contributed by atoms with Gasteiger partial charge in [-0.3, -0.25) is 4.90 Å². The number of methoxy groups -OCH3 is 1. The van der Waals surface area contributed by atoms with Crippen LogP contribution in [0.1, 0.15) is 32.1 Å². The van der Waals surface area contributed by atoms with Crippen molar-refractivity contribution in [2.24, 2.45) is 0 Å². The smallest absolute Gasteiger partial charge is 0.434 e. The number of aromatic nitrogens is 3. The molecular formula is C23H29F6N5O3. The summed E-state index contributed by atoms with van der Waals surface area (Å²) in [5.41, 5.74) is 0.971. The molecule has 2 aliphatic rings. The van der Waals surface area contributed by atoms with Crippen LogP contribution < -0.4 is 4.74 Å². The highest BCUT2D eigenvalue weighted by molar-refractivity contribution is 5.68. The molecule has 1 aliphatic carbocycles. The number of hydrogen-bond donors (Lipinski definition) is 0. The number of hydrogen-bond acceptors (Lipinski definition) is 6. The maximum Gasteiger partial charge on any atom is 0.434 e. The van der Waals surface area contributed by atoms with Gasteiger partial charge in [-0.2, -0.15) is 31.4 Å². The van der Waals surface area contributed by atoms with E-state index in [0.717, 1.165) is 42.0 Å². The molecule has 1 saturated carbocycles. The molecule has 2 aromatic rings. The fourth-order valence-electron chi connectivity index (χ4n) is 4.29. The van der Waals surface area contributed by atoms with Gasteiger partial charge in [-0.15, -0.1) is 0 Å². The molecule has 0 radical (unpaired) electrons. The highest BCUT2D eigenvalue weighted by Crippen LogP contribution is 2.36. The number of ether oxygens (including phenoxy) is 2. The van der Waals surface area contributed by atoms with E-state index in [9.17, 15) is 31.1 Å². The Balaban J connectivity index is 0.000000244. The molecule has 1 saturated heterocycles. The molecule has 8 nitrogen and oxygen atoms in total. The maximum absolute atomic E-state index is 12.4. The van der Waals surface area contributed by atoms with Gasteiger partial charge in [0.25, 0.3) is 6.10 Å². The minimum atomic E-state index is -5.68. The molecule has 14 heteroatoms. The lowest BCUT2D eigenvalue weighted by Gasteiger charge is -2.40. The molecule has 0 bridgehead atoms. The van der Waals surface area contributed by atoms with Crippen molar-refractivity contribution in [2.75, 3.05) is 33.3 Å². The van der Waals surface area contributed by atoms with Crippen molar-refractivity contribution < 1.29 is 40.6 Å². The summed E-state index contributed by atoms with van der Waals surface area (Å²) in [4.78, 5) is 18.6. The Hall–Kier alpha value is -3.03. The van der Waals surface area contributed by atoms with E-state index < -0.39 is 24.5 Å². The van der Waals surface area contributed by atoms with Gasteiger partial charge in [0.2, 0.25) is 0 Å². The van der Waals surface area contributed by atoms with Crippen molar-refractivity contribution in [1.82, 2.24) is 24.6 Å². The van der Waals surface area contributed by atoms with Crippen molar-refractivity contribution in [3.05, 3.63) is 36.9 Å². The van der Waals surface area contributed by atoms with Gasteiger partial charge in [0.05, 0.1) is 12.8 Å². The number of rotatable bonds is 4. The molecule has 1 aromatic carbocycles. The monoisotopic (exact) mass is 537 g/mol. The summed E-state index contributed by atoms with van der Waals surface area (Å²) in [7, 11) is 1.64. The first kappa shape index (κ1) is 28.5. The lowest BCUT2D eigenvalue weighted by atomic mass is 9.94. The van der Waals surface area contributed by atoms with Crippen LogP contribution in [0.2, 0.25) is 0 Å². The number of carbonyl (C=O) groups excluding carboxylic acids is 1. The predicted molar refractivity (Wildman–Crippen MR) is 120 cm³/mol. The number of alkyl halides is 6. The molecule has 0 unspecified atom stereocenters. The summed E-state index contributed by atoms with van der Waals surface area (Å²) < 4.78 is 85.0. The number of nitrogens with zero attached hydrogens (tertiary/aromatic N) is 5. The van der Waals surface area contributed by atoms with Gasteiger partial charge in [-0.05, 0) is 37.1 Å². The van der Waals surface area contributed by atoms with Crippen LogP contribution in [0.4, 0.5) is 31.1 Å². The van der Waals surface area contributed by atoms with Crippen molar-refractivity contribution in [3.8, 4) is 11.4 Å². The van der Waals surface area contributed by atoms with Crippen LogP contribution in [0.15, 0.2) is 36.9 Å². The Morgan fingerprint density at radius 3 is 2.03 bits per heavy atom. The van der Waals surface area contributed by atoms with E-state index in [0.29, 0.717) is 19.1 Å². The fourth-order valence-corrected chi connectivity index (χ4v) is 4.29. The van der Waals surface area contributed by atoms with Crippen molar-refractivity contribution in [2.45, 2.75) is 56.6 Å². The van der Waals surface area contributed by atoms with Gasteiger partial charge in [0, 0.05) is 32.2 Å². The Bertz CT molecular complexity index is 941. The van der Waals surface area contributed by atoms with Crippen LogP contribution in [0.5, 0.6) is 5.75 Å². The second-order valence-corrected chi connectivity index (χ2v) is 8.70. The van der Waals surface area contributed by atoms with E-state index in [4.69, 9.17) is 4.74 Å². The highest BCUT2D eigenvalue weighted by atomic mass is 19.4. The second-order valence-electron chi connectivity index (χ2n) is 8.70. The van der Waals surface area contributed by atoms with Gasteiger partial charge in [-0.25, -0.2) is 14.5 Å². The molecule has 2 fully saturated rings. The normalized spacial score (nSPS) is 17.8. The van der Waals surface area contributed by atoms with Crippen LogP contribution in [0.25, 0.3) is 5.69 Å². The van der Waals surface area contributed by atoms with Crippen molar-refractivity contribution >= 4 is 6.09 Å². The molecule has 37 heavy (non-hydrogen) atoms. The number of halogens is 6. The van der Waals surface area contributed by atoms with Gasteiger partial charge in [0.15, 0.2) is 0 Å². The third-order valence-electron chi connectivity index (χ3n) is 6.23. The van der Waals surface area contributed by atoms with Crippen LogP contribution in [0, 0.1) is 0 Å². The zero-order chi connectivity index (χ0) is 27.1. The zero-order valence-electron chi connectivity index (χ0n) is 20.2. The lowest BCUT2D eigenvalue weighted by Crippen LogP contribution is -2.54. The van der Waals surface area contributed by atoms with Gasteiger partial charge in [0.1, 0.15) is 18.4 Å². The molecule has 1 aliphatic heterocycles. The lowest BCUT2D eigenvalue weighted by molar-refractivity contribution is -0.308. The number of carbonyl (C=O) groups is 1. The van der Waals surface area contributed by atoms with Crippen LogP contribution >= 0.6 is 0 Å². The topological polar surface area (TPSA) is 72.7 Å². The minimum Gasteiger partial charge on any atom is -0.497 e. The Morgan fingerprint density at radius 1 is 0.946 bits per heavy atom. The largest absolute Gasteiger partial charge is 0.497 e. The molecule has 4 rings (SSSR count). The first-order valence-corrected chi connectivity index (χ1v) is 11.8. The zero-order valence-corrected chi connectivity index (χ0v) is 20.2.